The average molecular weight is 642 g/mol. The second-order valence-electron chi connectivity index (χ2n) is 12.4. The summed E-state index contributed by atoms with van der Waals surface area (Å²) >= 11 is 0. The van der Waals surface area contributed by atoms with Crippen LogP contribution >= 0.6 is 0 Å². The molecule has 0 bridgehead atoms. The fraction of sp³-hybridized carbons (Fsp3) is 0. The highest BCUT2D eigenvalue weighted by Gasteiger charge is 2.18. The number of benzene rings is 6. The molecule has 10 aromatic rings. The van der Waals surface area contributed by atoms with Crippen molar-refractivity contribution in [1.29, 1.82) is 0 Å². The Morgan fingerprint density at radius 3 is 1.72 bits per heavy atom. The molecule has 6 heteroatoms. The van der Waals surface area contributed by atoms with Crippen molar-refractivity contribution in [2.45, 2.75) is 0 Å². The van der Waals surface area contributed by atoms with Gasteiger partial charge in [0.05, 0.1) is 5.52 Å². The molecule has 50 heavy (non-hydrogen) atoms. The van der Waals surface area contributed by atoms with Crippen LogP contribution in [-0.4, -0.2) is 24.5 Å². The minimum absolute atomic E-state index is 0.608. The number of pyridine rings is 1. The lowest BCUT2D eigenvalue weighted by Gasteiger charge is -2.08. The van der Waals surface area contributed by atoms with Gasteiger partial charge in [0.15, 0.2) is 17.5 Å². The molecular formula is C44H27N5O. The van der Waals surface area contributed by atoms with Gasteiger partial charge in [0.2, 0.25) is 0 Å². The Bertz CT molecular complexity index is 2800. The highest BCUT2D eigenvalue weighted by Crippen LogP contribution is 2.40. The quantitative estimate of drug-likeness (QED) is 0.187. The second kappa shape index (κ2) is 11.4. The molecule has 6 nitrogen and oxygen atoms in total. The van der Waals surface area contributed by atoms with Crippen LogP contribution in [0.15, 0.2) is 169 Å². The van der Waals surface area contributed by atoms with E-state index < -0.39 is 0 Å². The zero-order chi connectivity index (χ0) is 33.0. The Morgan fingerprint density at radius 2 is 1.04 bits per heavy atom. The molecule has 0 amide bonds. The van der Waals surface area contributed by atoms with Crippen molar-refractivity contribution in [2.24, 2.45) is 0 Å². The van der Waals surface area contributed by atoms with Gasteiger partial charge in [-0.05, 0) is 64.9 Å². The normalized spacial score (nSPS) is 11.6. The molecular weight excluding hydrogens is 615 g/mol. The lowest BCUT2D eigenvalue weighted by atomic mass is 9.98. The molecule has 0 N–H and O–H groups in total. The van der Waals surface area contributed by atoms with Gasteiger partial charge in [0, 0.05) is 62.7 Å². The van der Waals surface area contributed by atoms with Crippen molar-refractivity contribution < 1.29 is 4.42 Å². The molecule has 0 aliphatic carbocycles. The highest BCUT2D eigenvalue weighted by atomic mass is 16.3. The van der Waals surface area contributed by atoms with Crippen molar-refractivity contribution in [3.63, 3.8) is 0 Å². The predicted octanol–water partition coefficient (Wildman–Crippen LogP) is 10.9. The summed E-state index contributed by atoms with van der Waals surface area (Å²) in [6, 6.07) is 49.8. The van der Waals surface area contributed by atoms with Crippen LogP contribution < -0.4 is 0 Å². The summed E-state index contributed by atoms with van der Waals surface area (Å²) < 4.78 is 8.64. The van der Waals surface area contributed by atoms with E-state index in [0.717, 1.165) is 61.0 Å². The molecule has 10 rings (SSSR count). The molecule has 0 unspecified atom stereocenters. The van der Waals surface area contributed by atoms with E-state index in [1.807, 2.05) is 97.3 Å². The number of hydrogen-bond acceptors (Lipinski definition) is 5. The SMILES string of the molecule is c1ccc(-c2nc(-c3ccccc3)nc(-c3ccc4oc5ccc(-c6cn(-c7ccncc7)c7ccc8ccccc8c67)cc5c4c3)n2)cc1. The van der Waals surface area contributed by atoms with Crippen molar-refractivity contribution in [1.82, 2.24) is 24.5 Å². The summed E-state index contributed by atoms with van der Waals surface area (Å²) in [7, 11) is 0. The molecule has 0 fully saturated rings. The molecule has 234 valence electrons. The Labute approximate surface area is 287 Å². The number of aromatic nitrogens is 5. The molecule has 0 saturated heterocycles. The Morgan fingerprint density at radius 1 is 0.460 bits per heavy atom. The van der Waals surface area contributed by atoms with E-state index in [4.69, 9.17) is 19.4 Å². The Balaban J connectivity index is 1.17. The molecule has 4 aromatic heterocycles. The second-order valence-corrected chi connectivity index (χ2v) is 12.4. The van der Waals surface area contributed by atoms with Gasteiger partial charge in [-0.15, -0.1) is 0 Å². The minimum atomic E-state index is 0.608. The van der Waals surface area contributed by atoms with E-state index in [1.165, 1.54) is 16.2 Å². The third kappa shape index (κ3) is 4.65. The van der Waals surface area contributed by atoms with Gasteiger partial charge in [-0.2, -0.15) is 0 Å². The van der Waals surface area contributed by atoms with Crippen molar-refractivity contribution in [3.05, 3.63) is 164 Å². The van der Waals surface area contributed by atoms with E-state index in [1.54, 1.807) is 0 Å². The van der Waals surface area contributed by atoms with Crippen LogP contribution in [0.3, 0.4) is 0 Å². The van der Waals surface area contributed by atoms with Crippen LogP contribution in [0.25, 0.3) is 94.6 Å². The van der Waals surface area contributed by atoms with E-state index >= 15 is 0 Å². The molecule has 0 radical (unpaired) electrons. The van der Waals surface area contributed by atoms with E-state index in [9.17, 15) is 0 Å². The lowest BCUT2D eigenvalue weighted by molar-refractivity contribution is 0.669. The first-order valence-electron chi connectivity index (χ1n) is 16.5. The Kier molecular flexibility index (Phi) is 6.39. The Hall–Kier alpha value is -6.92. The van der Waals surface area contributed by atoms with Gasteiger partial charge < -0.3 is 8.98 Å². The molecule has 0 aliphatic heterocycles. The zero-order valence-electron chi connectivity index (χ0n) is 26.7. The first kappa shape index (κ1) is 28.1. The fourth-order valence-corrected chi connectivity index (χ4v) is 6.97. The molecule has 0 aliphatic rings. The highest BCUT2D eigenvalue weighted by molar-refractivity contribution is 6.16. The number of rotatable bonds is 5. The zero-order valence-corrected chi connectivity index (χ0v) is 26.7. The molecule has 6 aromatic carbocycles. The van der Waals surface area contributed by atoms with Gasteiger partial charge in [0.25, 0.3) is 0 Å². The first-order chi connectivity index (χ1) is 24.8. The third-order valence-electron chi connectivity index (χ3n) is 9.37. The van der Waals surface area contributed by atoms with Crippen LogP contribution in [0, 0.1) is 0 Å². The lowest BCUT2D eigenvalue weighted by Crippen LogP contribution is -2.00. The standard InChI is InChI=1S/C44H27N5O/c1-3-10-29(11-4-1)42-46-43(30-12-5-2-6-13-30)48-44(47-42)32-17-20-40-36(26-32)35-25-31(16-19-39(35)50-40)37-27-49(33-21-23-45-24-22-33)38-18-15-28-9-7-8-14-34(28)41(37)38/h1-27H. The van der Waals surface area contributed by atoms with E-state index in [2.05, 4.69) is 76.4 Å². The van der Waals surface area contributed by atoms with Crippen molar-refractivity contribution in [3.8, 4) is 51.0 Å². The summed E-state index contributed by atoms with van der Waals surface area (Å²) in [6.07, 6.45) is 5.91. The predicted molar refractivity (Wildman–Crippen MR) is 201 cm³/mol. The molecule has 4 heterocycles. The smallest absolute Gasteiger partial charge is 0.164 e. The van der Waals surface area contributed by atoms with E-state index in [0.29, 0.717) is 17.5 Å². The van der Waals surface area contributed by atoms with Gasteiger partial charge in [-0.3, -0.25) is 4.98 Å². The van der Waals surface area contributed by atoms with Crippen LogP contribution in [0.4, 0.5) is 0 Å². The van der Waals surface area contributed by atoms with E-state index in [-0.39, 0.29) is 0 Å². The number of furan rings is 1. The maximum absolute atomic E-state index is 6.39. The number of nitrogens with zero attached hydrogens (tertiary/aromatic N) is 5. The maximum Gasteiger partial charge on any atom is 0.164 e. The minimum Gasteiger partial charge on any atom is -0.456 e. The van der Waals surface area contributed by atoms with Gasteiger partial charge in [0.1, 0.15) is 11.2 Å². The fourth-order valence-electron chi connectivity index (χ4n) is 6.97. The summed E-state index contributed by atoms with van der Waals surface area (Å²) in [6.45, 7) is 0. The van der Waals surface area contributed by atoms with Gasteiger partial charge >= 0.3 is 0 Å². The molecule has 0 atom stereocenters. The maximum atomic E-state index is 6.39. The summed E-state index contributed by atoms with van der Waals surface area (Å²) in [4.78, 5) is 19.1. The largest absolute Gasteiger partial charge is 0.456 e. The molecule has 0 spiro atoms. The molecule has 0 saturated carbocycles. The summed E-state index contributed by atoms with van der Waals surface area (Å²) in [5.74, 6) is 1.87. The summed E-state index contributed by atoms with van der Waals surface area (Å²) in [5, 5.41) is 5.66. The van der Waals surface area contributed by atoms with Crippen LogP contribution in [0.1, 0.15) is 0 Å². The number of hydrogen-bond donors (Lipinski definition) is 0. The first-order valence-corrected chi connectivity index (χ1v) is 16.5. The summed E-state index contributed by atoms with van der Waals surface area (Å²) in [5.41, 5.74) is 8.87. The average Bonchev–Trinajstić information content (AvgIpc) is 3.77. The monoisotopic (exact) mass is 641 g/mol. The number of fused-ring (bicyclic) bond motifs is 6. The van der Waals surface area contributed by atoms with Gasteiger partial charge in [-0.25, -0.2) is 15.0 Å². The van der Waals surface area contributed by atoms with Crippen molar-refractivity contribution >= 4 is 43.6 Å². The topological polar surface area (TPSA) is 69.6 Å². The van der Waals surface area contributed by atoms with Crippen LogP contribution in [0.2, 0.25) is 0 Å². The van der Waals surface area contributed by atoms with Crippen LogP contribution in [0.5, 0.6) is 0 Å². The van der Waals surface area contributed by atoms with Crippen LogP contribution in [-0.2, 0) is 0 Å². The van der Waals surface area contributed by atoms with Gasteiger partial charge in [-0.1, -0.05) is 97.1 Å². The third-order valence-corrected chi connectivity index (χ3v) is 9.37. The van der Waals surface area contributed by atoms with Crippen molar-refractivity contribution in [2.75, 3.05) is 0 Å².